The highest BCUT2D eigenvalue weighted by Gasteiger charge is 2.44. The molecule has 1 aliphatic rings. The van der Waals surface area contributed by atoms with Crippen molar-refractivity contribution in [2.45, 2.75) is 20.3 Å². The smallest absolute Gasteiger partial charge is 0.235 e. The SMILES string of the molecule is C=C(CCl)CN1C(=O)CC(C)(C)C1=O. The summed E-state index contributed by atoms with van der Waals surface area (Å²) in [5, 5.41) is 0. The summed E-state index contributed by atoms with van der Waals surface area (Å²) in [6, 6.07) is 0. The second kappa shape index (κ2) is 3.73. The molecule has 0 aliphatic carbocycles. The Hall–Kier alpha value is -0.830. The first kappa shape index (κ1) is 11.2. The number of halogens is 1. The van der Waals surface area contributed by atoms with E-state index in [9.17, 15) is 9.59 Å². The molecule has 0 saturated carbocycles. The lowest BCUT2D eigenvalue weighted by atomic mass is 9.92. The average molecular weight is 216 g/mol. The Morgan fingerprint density at radius 2 is 2.14 bits per heavy atom. The number of carbonyl (C=O) groups is 2. The van der Waals surface area contributed by atoms with Gasteiger partial charge in [-0.05, 0) is 5.57 Å². The minimum atomic E-state index is -0.566. The molecule has 78 valence electrons. The van der Waals surface area contributed by atoms with E-state index in [1.807, 2.05) is 0 Å². The van der Waals surface area contributed by atoms with E-state index in [0.717, 1.165) is 0 Å². The summed E-state index contributed by atoms with van der Waals surface area (Å²) in [6.07, 6.45) is 0.279. The van der Waals surface area contributed by atoms with Gasteiger partial charge in [0.1, 0.15) is 0 Å². The summed E-state index contributed by atoms with van der Waals surface area (Å²) in [4.78, 5) is 24.4. The van der Waals surface area contributed by atoms with Gasteiger partial charge in [-0.25, -0.2) is 0 Å². The van der Waals surface area contributed by atoms with Crippen LogP contribution < -0.4 is 0 Å². The standard InChI is InChI=1S/C10H14ClNO2/c1-7(5-11)6-12-8(13)4-10(2,3)9(12)14/h1,4-6H2,2-3H3. The van der Waals surface area contributed by atoms with Gasteiger partial charge >= 0.3 is 0 Å². The van der Waals surface area contributed by atoms with Crippen molar-refractivity contribution in [2.75, 3.05) is 12.4 Å². The molecule has 0 aromatic heterocycles. The number of hydrogen-bond acceptors (Lipinski definition) is 2. The number of rotatable bonds is 3. The van der Waals surface area contributed by atoms with Crippen molar-refractivity contribution in [1.82, 2.24) is 4.90 Å². The molecule has 2 amide bonds. The zero-order valence-corrected chi connectivity index (χ0v) is 9.23. The van der Waals surface area contributed by atoms with Gasteiger partial charge in [0.25, 0.3) is 0 Å². The van der Waals surface area contributed by atoms with Crippen LogP contribution in [0.3, 0.4) is 0 Å². The molecule has 1 rings (SSSR count). The maximum absolute atomic E-state index is 11.7. The molecule has 1 saturated heterocycles. The van der Waals surface area contributed by atoms with Crippen LogP contribution in [0.5, 0.6) is 0 Å². The summed E-state index contributed by atoms with van der Waals surface area (Å²) in [6.45, 7) is 7.48. The van der Waals surface area contributed by atoms with Gasteiger partial charge in [-0.2, -0.15) is 0 Å². The van der Waals surface area contributed by atoms with Crippen molar-refractivity contribution < 1.29 is 9.59 Å². The molecular formula is C10H14ClNO2. The van der Waals surface area contributed by atoms with Gasteiger partial charge in [0, 0.05) is 12.3 Å². The predicted octanol–water partition coefficient (Wildman–Crippen LogP) is 1.57. The summed E-state index contributed by atoms with van der Waals surface area (Å²) in [7, 11) is 0. The van der Waals surface area contributed by atoms with E-state index in [-0.39, 0.29) is 30.7 Å². The normalized spacial score (nSPS) is 20.4. The predicted molar refractivity (Wildman–Crippen MR) is 55.0 cm³/mol. The van der Waals surface area contributed by atoms with Crippen LogP contribution in [0, 0.1) is 5.41 Å². The van der Waals surface area contributed by atoms with Gasteiger partial charge in [-0.1, -0.05) is 20.4 Å². The molecule has 4 heteroatoms. The Kier molecular flexibility index (Phi) is 3.00. The molecule has 3 nitrogen and oxygen atoms in total. The third-order valence-electron chi connectivity index (χ3n) is 2.29. The van der Waals surface area contributed by atoms with Gasteiger partial charge in [-0.3, -0.25) is 14.5 Å². The highest BCUT2D eigenvalue weighted by atomic mass is 35.5. The molecule has 0 unspecified atom stereocenters. The molecule has 0 spiro atoms. The molecule has 1 heterocycles. The highest BCUT2D eigenvalue weighted by molar-refractivity contribution is 6.19. The van der Waals surface area contributed by atoms with E-state index in [1.54, 1.807) is 13.8 Å². The maximum atomic E-state index is 11.7. The maximum Gasteiger partial charge on any atom is 0.235 e. The molecule has 0 aromatic rings. The molecule has 0 bridgehead atoms. The topological polar surface area (TPSA) is 37.4 Å². The van der Waals surface area contributed by atoms with E-state index >= 15 is 0 Å². The number of carbonyl (C=O) groups excluding carboxylic acids is 2. The van der Waals surface area contributed by atoms with Crippen LogP contribution in [0.25, 0.3) is 0 Å². The van der Waals surface area contributed by atoms with Crippen LogP contribution in [0.2, 0.25) is 0 Å². The molecule has 0 atom stereocenters. The first-order valence-electron chi connectivity index (χ1n) is 4.46. The van der Waals surface area contributed by atoms with Crippen LogP contribution in [-0.4, -0.2) is 29.1 Å². The number of likely N-dealkylation sites (tertiary alicyclic amines) is 1. The van der Waals surface area contributed by atoms with E-state index in [4.69, 9.17) is 11.6 Å². The number of alkyl halides is 1. The van der Waals surface area contributed by atoms with E-state index in [1.165, 1.54) is 4.90 Å². The zero-order chi connectivity index (χ0) is 10.9. The van der Waals surface area contributed by atoms with Crippen LogP contribution in [-0.2, 0) is 9.59 Å². The Morgan fingerprint density at radius 1 is 1.57 bits per heavy atom. The zero-order valence-electron chi connectivity index (χ0n) is 8.47. The Morgan fingerprint density at radius 3 is 2.50 bits per heavy atom. The minimum Gasteiger partial charge on any atom is -0.278 e. The van der Waals surface area contributed by atoms with Crippen molar-refractivity contribution >= 4 is 23.4 Å². The van der Waals surface area contributed by atoms with Gasteiger partial charge in [0.05, 0.1) is 12.0 Å². The minimum absolute atomic E-state index is 0.131. The molecule has 0 radical (unpaired) electrons. The fraction of sp³-hybridized carbons (Fsp3) is 0.600. The number of nitrogens with zero attached hydrogens (tertiary/aromatic N) is 1. The summed E-state index contributed by atoms with van der Waals surface area (Å²) >= 11 is 5.55. The van der Waals surface area contributed by atoms with Crippen molar-refractivity contribution in [2.24, 2.45) is 5.41 Å². The lowest BCUT2D eigenvalue weighted by Crippen LogP contribution is -2.34. The third kappa shape index (κ3) is 1.98. The van der Waals surface area contributed by atoms with E-state index in [2.05, 4.69) is 6.58 Å². The van der Waals surface area contributed by atoms with Crippen LogP contribution in [0.4, 0.5) is 0 Å². The molecule has 14 heavy (non-hydrogen) atoms. The molecule has 1 aliphatic heterocycles. The monoisotopic (exact) mass is 215 g/mol. The molecule has 0 aromatic carbocycles. The van der Waals surface area contributed by atoms with Crippen molar-refractivity contribution in [3.63, 3.8) is 0 Å². The first-order valence-corrected chi connectivity index (χ1v) is 4.99. The number of amides is 2. The van der Waals surface area contributed by atoms with Crippen LogP contribution >= 0.6 is 11.6 Å². The summed E-state index contributed by atoms with van der Waals surface area (Å²) < 4.78 is 0. The Labute approximate surface area is 88.7 Å². The van der Waals surface area contributed by atoms with Gasteiger partial charge in [0.15, 0.2) is 0 Å². The molecule has 0 N–H and O–H groups in total. The van der Waals surface area contributed by atoms with Gasteiger partial charge in [-0.15, -0.1) is 11.6 Å². The second-order valence-electron chi connectivity index (χ2n) is 4.23. The highest BCUT2D eigenvalue weighted by Crippen LogP contribution is 2.31. The van der Waals surface area contributed by atoms with Crippen molar-refractivity contribution in [1.29, 1.82) is 0 Å². The van der Waals surface area contributed by atoms with Crippen molar-refractivity contribution in [3.8, 4) is 0 Å². The fourth-order valence-electron chi connectivity index (χ4n) is 1.45. The largest absolute Gasteiger partial charge is 0.278 e. The van der Waals surface area contributed by atoms with Crippen LogP contribution in [0.15, 0.2) is 12.2 Å². The Balaban J connectivity index is 2.76. The summed E-state index contributed by atoms with van der Waals surface area (Å²) in [5.74, 6) is 0.0114. The Bertz CT molecular complexity index is 296. The van der Waals surface area contributed by atoms with Gasteiger partial charge < -0.3 is 0 Å². The quantitative estimate of drug-likeness (QED) is 0.407. The first-order chi connectivity index (χ1) is 6.38. The molecular weight excluding hydrogens is 202 g/mol. The lowest BCUT2D eigenvalue weighted by Gasteiger charge is -2.17. The van der Waals surface area contributed by atoms with E-state index < -0.39 is 5.41 Å². The van der Waals surface area contributed by atoms with Crippen LogP contribution in [0.1, 0.15) is 20.3 Å². The number of imide groups is 1. The van der Waals surface area contributed by atoms with Gasteiger partial charge in [0.2, 0.25) is 11.8 Å². The van der Waals surface area contributed by atoms with Crippen molar-refractivity contribution in [3.05, 3.63) is 12.2 Å². The second-order valence-corrected chi connectivity index (χ2v) is 4.50. The molecule has 1 fully saturated rings. The fourth-order valence-corrected chi connectivity index (χ4v) is 1.54. The number of hydrogen-bond donors (Lipinski definition) is 0. The van der Waals surface area contributed by atoms with E-state index in [0.29, 0.717) is 5.57 Å². The average Bonchev–Trinajstić information content (AvgIpc) is 2.28. The lowest BCUT2D eigenvalue weighted by molar-refractivity contribution is -0.140. The third-order valence-corrected chi connectivity index (χ3v) is 2.67. The summed E-state index contributed by atoms with van der Waals surface area (Å²) in [5.41, 5.74) is 0.120.